The Morgan fingerprint density at radius 1 is 1.12 bits per heavy atom. The summed E-state index contributed by atoms with van der Waals surface area (Å²) in [6.45, 7) is 6.74. The SMILES string of the molecule is CCn1nnc2ccc(-c3c[nH]c4ncnc(N[C@H]5CC[C@H](N6CCOCC6)CC5)c34)cc21. The zero-order valence-electron chi connectivity index (χ0n) is 19.0. The molecule has 0 bridgehead atoms. The smallest absolute Gasteiger partial charge is 0.143 e. The Kier molecular flexibility index (Phi) is 5.43. The van der Waals surface area contributed by atoms with Crippen molar-refractivity contribution >= 4 is 27.9 Å². The number of H-pyrrole nitrogens is 1. The number of ether oxygens (including phenoxy) is 1. The molecule has 4 heterocycles. The standard InChI is InChI=1S/C24H30N8O/c1-2-32-21-13-16(3-8-20(21)29-30-32)19-14-25-23-22(19)24(27-15-26-23)28-17-4-6-18(7-5-17)31-9-11-33-12-10-31/h3,8,13-15,17-18H,2,4-7,9-12H2,1H3,(H2,25,26,27,28)/t17-,18-. The second-order valence-electron chi connectivity index (χ2n) is 9.06. The number of rotatable bonds is 5. The lowest BCUT2D eigenvalue weighted by Gasteiger charge is -2.39. The van der Waals surface area contributed by atoms with E-state index >= 15 is 0 Å². The van der Waals surface area contributed by atoms with Gasteiger partial charge in [0.25, 0.3) is 0 Å². The van der Waals surface area contributed by atoms with Crippen LogP contribution in [0, 0.1) is 0 Å². The van der Waals surface area contributed by atoms with Gasteiger partial charge in [-0.3, -0.25) is 4.90 Å². The molecule has 6 rings (SSSR count). The molecule has 0 amide bonds. The van der Waals surface area contributed by atoms with Crippen LogP contribution in [0.4, 0.5) is 5.82 Å². The predicted molar refractivity (Wildman–Crippen MR) is 128 cm³/mol. The van der Waals surface area contributed by atoms with E-state index in [9.17, 15) is 0 Å². The Balaban J connectivity index is 1.25. The maximum absolute atomic E-state index is 5.52. The van der Waals surface area contributed by atoms with Gasteiger partial charge in [0.15, 0.2) is 0 Å². The number of nitrogens with zero attached hydrogens (tertiary/aromatic N) is 6. The van der Waals surface area contributed by atoms with Crippen LogP contribution in [0.15, 0.2) is 30.7 Å². The molecular formula is C24H30N8O. The second kappa shape index (κ2) is 8.72. The number of aromatic amines is 1. The minimum absolute atomic E-state index is 0.427. The first-order valence-electron chi connectivity index (χ1n) is 12.0. The molecule has 0 unspecified atom stereocenters. The van der Waals surface area contributed by atoms with Gasteiger partial charge >= 0.3 is 0 Å². The first kappa shape index (κ1) is 20.6. The largest absolute Gasteiger partial charge is 0.379 e. The van der Waals surface area contributed by atoms with E-state index in [-0.39, 0.29) is 0 Å². The minimum Gasteiger partial charge on any atom is -0.379 e. The van der Waals surface area contributed by atoms with E-state index in [1.807, 2.05) is 16.9 Å². The fraction of sp³-hybridized carbons (Fsp3) is 0.500. The third-order valence-electron chi connectivity index (χ3n) is 7.19. The molecule has 4 aromatic rings. The van der Waals surface area contributed by atoms with Crippen molar-refractivity contribution in [2.75, 3.05) is 31.6 Å². The second-order valence-corrected chi connectivity index (χ2v) is 9.06. The van der Waals surface area contributed by atoms with Crippen molar-refractivity contribution in [3.8, 4) is 11.1 Å². The maximum atomic E-state index is 5.52. The lowest BCUT2D eigenvalue weighted by Crippen LogP contribution is -2.46. The molecule has 1 aromatic carbocycles. The molecule has 2 fully saturated rings. The van der Waals surface area contributed by atoms with E-state index < -0.39 is 0 Å². The maximum Gasteiger partial charge on any atom is 0.143 e. The van der Waals surface area contributed by atoms with Crippen LogP contribution in [0.2, 0.25) is 0 Å². The Morgan fingerprint density at radius 2 is 1.97 bits per heavy atom. The van der Waals surface area contributed by atoms with Gasteiger partial charge in [0, 0.05) is 43.5 Å². The summed E-state index contributed by atoms with van der Waals surface area (Å²) in [4.78, 5) is 15.1. The van der Waals surface area contributed by atoms with Gasteiger partial charge in [-0.2, -0.15) is 0 Å². The zero-order chi connectivity index (χ0) is 22.2. The molecule has 9 nitrogen and oxygen atoms in total. The summed E-state index contributed by atoms with van der Waals surface area (Å²) in [6, 6.07) is 7.41. The highest BCUT2D eigenvalue weighted by Crippen LogP contribution is 2.35. The van der Waals surface area contributed by atoms with Crippen LogP contribution in [0.1, 0.15) is 32.6 Å². The van der Waals surface area contributed by atoms with Gasteiger partial charge in [-0.1, -0.05) is 11.3 Å². The van der Waals surface area contributed by atoms with Crippen molar-refractivity contribution in [1.29, 1.82) is 0 Å². The number of fused-ring (bicyclic) bond motifs is 2. The lowest BCUT2D eigenvalue weighted by atomic mass is 9.90. The Hall–Kier alpha value is -3.04. The van der Waals surface area contributed by atoms with Gasteiger partial charge in [-0.05, 0) is 50.3 Å². The molecule has 0 spiro atoms. The highest BCUT2D eigenvalue weighted by atomic mass is 16.5. The Bertz CT molecular complexity index is 1250. The normalized spacial score (nSPS) is 22.2. The van der Waals surface area contributed by atoms with Gasteiger partial charge < -0.3 is 15.0 Å². The Morgan fingerprint density at radius 3 is 2.79 bits per heavy atom. The van der Waals surface area contributed by atoms with Crippen LogP contribution in [-0.2, 0) is 11.3 Å². The number of aryl methyl sites for hydroxylation is 1. The summed E-state index contributed by atoms with van der Waals surface area (Å²) in [6.07, 6.45) is 8.42. The molecule has 9 heteroatoms. The van der Waals surface area contributed by atoms with Crippen molar-refractivity contribution in [2.24, 2.45) is 0 Å². The molecule has 0 atom stereocenters. The minimum atomic E-state index is 0.427. The van der Waals surface area contributed by atoms with E-state index in [1.54, 1.807) is 6.33 Å². The number of anilines is 1. The third-order valence-corrected chi connectivity index (χ3v) is 7.19. The van der Waals surface area contributed by atoms with Crippen LogP contribution in [0.5, 0.6) is 0 Å². The molecule has 1 aliphatic carbocycles. The predicted octanol–water partition coefficient (Wildman–Crippen LogP) is 3.44. The van der Waals surface area contributed by atoms with Crippen LogP contribution in [0.25, 0.3) is 33.2 Å². The number of hydrogen-bond donors (Lipinski definition) is 2. The monoisotopic (exact) mass is 446 g/mol. The van der Waals surface area contributed by atoms with Crippen molar-refractivity contribution in [1.82, 2.24) is 34.8 Å². The molecule has 3 aromatic heterocycles. The van der Waals surface area contributed by atoms with Crippen molar-refractivity contribution in [2.45, 2.75) is 51.2 Å². The number of nitrogens with one attached hydrogen (secondary N) is 2. The fourth-order valence-electron chi connectivity index (χ4n) is 5.39. The fourth-order valence-corrected chi connectivity index (χ4v) is 5.39. The molecule has 172 valence electrons. The average Bonchev–Trinajstić information content (AvgIpc) is 3.49. The van der Waals surface area contributed by atoms with E-state index in [1.165, 1.54) is 12.8 Å². The molecule has 33 heavy (non-hydrogen) atoms. The molecule has 1 saturated carbocycles. The van der Waals surface area contributed by atoms with Gasteiger partial charge in [-0.15, -0.1) is 5.10 Å². The van der Waals surface area contributed by atoms with E-state index in [4.69, 9.17) is 4.74 Å². The topological polar surface area (TPSA) is 96.8 Å². The van der Waals surface area contributed by atoms with Crippen molar-refractivity contribution in [3.05, 3.63) is 30.7 Å². The third kappa shape index (κ3) is 3.85. The first-order chi connectivity index (χ1) is 16.3. The molecule has 2 N–H and O–H groups in total. The summed E-state index contributed by atoms with van der Waals surface area (Å²) in [5, 5.41) is 13.3. The van der Waals surface area contributed by atoms with Crippen molar-refractivity contribution < 1.29 is 4.74 Å². The summed E-state index contributed by atoms with van der Waals surface area (Å²) in [5.74, 6) is 0.910. The summed E-state index contributed by atoms with van der Waals surface area (Å²) >= 11 is 0. The van der Waals surface area contributed by atoms with Crippen LogP contribution in [0.3, 0.4) is 0 Å². The molecule has 0 radical (unpaired) electrons. The van der Waals surface area contributed by atoms with Gasteiger partial charge in [0.2, 0.25) is 0 Å². The Labute approximate surface area is 192 Å². The van der Waals surface area contributed by atoms with E-state index in [2.05, 4.69) is 54.5 Å². The number of aromatic nitrogens is 6. The highest BCUT2D eigenvalue weighted by Gasteiger charge is 2.27. The summed E-state index contributed by atoms with van der Waals surface area (Å²) in [7, 11) is 0. The average molecular weight is 447 g/mol. The number of morpholine rings is 1. The first-order valence-corrected chi connectivity index (χ1v) is 12.0. The zero-order valence-corrected chi connectivity index (χ0v) is 19.0. The van der Waals surface area contributed by atoms with Crippen molar-refractivity contribution in [3.63, 3.8) is 0 Å². The number of benzene rings is 1. The summed E-state index contributed by atoms with van der Waals surface area (Å²) in [5.41, 5.74) is 5.01. The van der Waals surface area contributed by atoms with Crippen LogP contribution < -0.4 is 5.32 Å². The molecular weight excluding hydrogens is 416 g/mol. The van der Waals surface area contributed by atoms with Gasteiger partial charge in [0.05, 0.1) is 24.1 Å². The van der Waals surface area contributed by atoms with E-state index in [0.717, 1.165) is 84.7 Å². The number of hydrogen-bond acceptors (Lipinski definition) is 7. The van der Waals surface area contributed by atoms with Gasteiger partial charge in [-0.25, -0.2) is 14.6 Å². The lowest BCUT2D eigenvalue weighted by molar-refractivity contribution is 0.00791. The van der Waals surface area contributed by atoms with E-state index in [0.29, 0.717) is 12.1 Å². The highest BCUT2D eigenvalue weighted by molar-refractivity contribution is 6.02. The van der Waals surface area contributed by atoms with Gasteiger partial charge in [0.1, 0.15) is 23.3 Å². The summed E-state index contributed by atoms with van der Waals surface area (Å²) < 4.78 is 7.45. The van der Waals surface area contributed by atoms with Crippen LogP contribution >= 0.6 is 0 Å². The quantitative estimate of drug-likeness (QED) is 0.485. The van der Waals surface area contributed by atoms with Crippen LogP contribution in [-0.4, -0.2) is 73.2 Å². The molecule has 2 aliphatic rings. The molecule has 1 aliphatic heterocycles. The molecule has 1 saturated heterocycles.